The van der Waals surface area contributed by atoms with Crippen molar-refractivity contribution in [2.24, 2.45) is 5.92 Å². The topological polar surface area (TPSA) is 41.1 Å². The van der Waals surface area contributed by atoms with Gasteiger partial charge in [0, 0.05) is 9.75 Å². The summed E-state index contributed by atoms with van der Waals surface area (Å²) in [6.45, 7) is 2.30. The molecule has 0 bridgehead atoms. The zero-order valence-corrected chi connectivity index (χ0v) is 12.9. The second-order valence-electron chi connectivity index (χ2n) is 5.62. The van der Waals surface area contributed by atoms with E-state index in [0.717, 1.165) is 34.2 Å². The summed E-state index contributed by atoms with van der Waals surface area (Å²) in [5.74, 6) is 0.822. The predicted molar refractivity (Wildman–Crippen MR) is 83.7 cm³/mol. The van der Waals surface area contributed by atoms with Crippen molar-refractivity contribution < 1.29 is 4.79 Å². The van der Waals surface area contributed by atoms with Gasteiger partial charge in [-0.25, -0.2) is 0 Å². The molecule has 104 valence electrons. The van der Waals surface area contributed by atoms with Crippen LogP contribution in [-0.2, 0) is 12.8 Å². The largest absolute Gasteiger partial charge is 0.352 e. The summed E-state index contributed by atoms with van der Waals surface area (Å²) in [5.41, 5.74) is 2.20. The van der Waals surface area contributed by atoms with Gasteiger partial charge in [-0.2, -0.15) is 0 Å². The lowest BCUT2D eigenvalue weighted by molar-refractivity contribution is 0.0936. The quantitative estimate of drug-likeness (QED) is 0.841. The van der Waals surface area contributed by atoms with Crippen molar-refractivity contribution >= 4 is 33.6 Å². The van der Waals surface area contributed by atoms with E-state index in [1.54, 1.807) is 22.7 Å². The third-order valence-electron chi connectivity index (χ3n) is 4.12. The second-order valence-corrected chi connectivity index (χ2v) is 7.71. The average molecular weight is 304 g/mol. The summed E-state index contributed by atoms with van der Waals surface area (Å²) in [6.07, 6.45) is 3.28. The van der Waals surface area contributed by atoms with Crippen LogP contribution in [0.2, 0.25) is 0 Å². The van der Waals surface area contributed by atoms with Crippen LogP contribution < -0.4 is 10.6 Å². The number of fused-ring (bicyclic) bond motifs is 3. The van der Waals surface area contributed by atoms with Crippen LogP contribution >= 0.6 is 22.7 Å². The highest BCUT2D eigenvalue weighted by Crippen LogP contribution is 2.42. The third-order valence-corrected chi connectivity index (χ3v) is 6.24. The minimum absolute atomic E-state index is 0.0764. The molecule has 1 aliphatic carbocycles. The Labute approximate surface area is 126 Å². The monoisotopic (exact) mass is 304 g/mol. The van der Waals surface area contributed by atoms with Crippen LogP contribution in [0.5, 0.6) is 0 Å². The van der Waals surface area contributed by atoms with Gasteiger partial charge in [0.15, 0.2) is 0 Å². The fourth-order valence-corrected chi connectivity index (χ4v) is 5.22. The van der Waals surface area contributed by atoms with Crippen LogP contribution in [0.25, 0.3) is 0 Å². The predicted octanol–water partition coefficient (Wildman–Crippen LogP) is 3.79. The fourth-order valence-electron chi connectivity index (χ4n) is 3.06. The lowest BCUT2D eigenvalue weighted by Crippen LogP contribution is -2.37. The molecule has 2 aromatic rings. The highest BCUT2D eigenvalue weighted by Gasteiger charge is 2.33. The van der Waals surface area contributed by atoms with E-state index in [4.69, 9.17) is 0 Å². The van der Waals surface area contributed by atoms with Gasteiger partial charge in [-0.1, -0.05) is 13.0 Å². The first-order valence-electron chi connectivity index (χ1n) is 6.97. The van der Waals surface area contributed by atoms with E-state index in [-0.39, 0.29) is 12.1 Å². The van der Waals surface area contributed by atoms with Crippen molar-refractivity contribution in [1.29, 1.82) is 0 Å². The Bertz CT molecular complexity index is 660. The molecular weight excluding hydrogens is 288 g/mol. The second kappa shape index (κ2) is 4.60. The highest BCUT2D eigenvalue weighted by atomic mass is 32.1. The molecule has 0 radical (unpaired) electrons. The zero-order valence-electron chi connectivity index (χ0n) is 11.2. The van der Waals surface area contributed by atoms with Crippen LogP contribution in [-0.4, -0.2) is 5.91 Å². The van der Waals surface area contributed by atoms with Crippen molar-refractivity contribution in [2.45, 2.75) is 32.4 Å². The summed E-state index contributed by atoms with van der Waals surface area (Å²) in [5, 5.41) is 9.69. The maximum Gasteiger partial charge on any atom is 0.256 e. The number of rotatable bonds is 1. The number of hydrogen-bond donors (Lipinski definition) is 2. The molecule has 0 saturated carbocycles. The Balaban J connectivity index is 1.73. The number of amides is 1. The summed E-state index contributed by atoms with van der Waals surface area (Å²) in [4.78, 5) is 15.0. The van der Waals surface area contributed by atoms with Gasteiger partial charge in [-0.05, 0) is 42.2 Å². The van der Waals surface area contributed by atoms with Crippen molar-refractivity contribution in [1.82, 2.24) is 5.32 Å². The van der Waals surface area contributed by atoms with E-state index in [1.165, 1.54) is 16.9 Å². The fraction of sp³-hybridized carbons (Fsp3) is 0.400. The zero-order chi connectivity index (χ0) is 13.7. The highest BCUT2D eigenvalue weighted by molar-refractivity contribution is 7.16. The molecule has 3 heterocycles. The molecule has 3 nitrogen and oxygen atoms in total. The van der Waals surface area contributed by atoms with Crippen LogP contribution in [0, 0.1) is 5.92 Å². The first-order chi connectivity index (χ1) is 9.72. The summed E-state index contributed by atoms with van der Waals surface area (Å²) in [7, 11) is 0. The number of carbonyl (C=O) groups excluding carboxylic acids is 1. The molecule has 1 amide bonds. The molecule has 2 aliphatic rings. The summed E-state index contributed by atoms with van der Waals surface area (Å²) >= 11 is 3.45. The van der Waals surface area contributed by atoms with E-state index in [1.807, 2.05) is 11.4 Å². The van der Waals surface area contributed by atoms with Crippen molar-refractivity contribution in [3.8, 4) is 0 Å². The van der Waals surface area contributed by atoms with Gasteiger partial charge in [-0.3, -0.25) is 4.79 Å². The summed E-state index contributed by atoms with van der Waals surface area (Å²) < 4.78 is 0. The SMILES string of the molecule is C[C@@H]1CCc2c(sc3c2C(=O)N[C@H](c2cccs2)N3)C1. The lowest BCUT2D eigenvalue weighted by atomic mass is 9.88. The van der Waals surface area contributed by atoms with Gasteiger partial charge in [0.25, 0.3) is 5.91 Å². The van der Waals surface area contributed by atoms with Gasteiger partial charge in [-0.15, -0.1) is 22.7 Å². The molecule has 0 aromatic carbocycles. The van der Waals surface area contributed by atoms with Crippen molar-refractivity contribution in [2.75, 3.05) is 5.32 Å². The molecule has 0 spiro atoms. The van der Waals surface area contributed by atoms with Gasteiger partial charge in [0.05, 0.1) is 5.56 Å². The Morgan fingerprint density at radius 3 is 3.05 bits per heavy atom. The minimum atomic E-state index is -0.0764. The first-order valence-corrected chi connectivity index (χ1v) is 8.67. The summed E-state index contributed by atoms with van der Waals surface area (Å²) in [6, 6.07) is 4.08. The Kier molecular flexibility index (Phi) is 2.86. The Morgan fingerprint density at radius 1 is 1.35 bits per heavy atom. The molecule has 0 fully saturated rings. The van der Waals surface area contributed by atoms with Crippen LogP contribution in [0.4, 0.5) is 5.00 Å². The Morgan fingerprint density at radius 2 is 2.25 bits per heavy atom. The standard InChI is InChI=1S/C15H16N2OS2/c1-8-4-5-9-11(7-8)20-15-12(9)14(18)16-13(17-15)10-3-2-6-19-10/h2-3,6,8,13,17H,4-5,7H2,1H3,(H,16,18)/t8-,13+/m1/s1. The molecule has 2 N–H and O–H groups in total. The maximum absolute atomic E-state index is 12.5. The number of thiophene rings is 2. The average Bonchev–Trinajstić information content (AvgIpc) is 3.04. The van der Waals surface area contributed by atoms with E-state index in [9.17, 15) is 4.79 Å². The van der Waals surface area contributed by atoms with Crippen molar-refractivity contribution in [3.63, 3.8) is 0 Å². The molecule has 2 aromatic heterocycles. The lowest BCUT2D eigenvalue weighted by Gasteiger charge is -2.26. The van der Waals surface area contributed by atoms with E-state index >= 15 is 0 Å². The normalized spacial score (nSPS) is 24.6. The maximum atomic E-state index is 12.5. The number of anilines is 1. The smallest absolute Gasteiger partial charge is 0.256 e. The van der Waals surface area contributed by atoms with Gasteiger partial charge < -0.3 is 10.6 Å². The number of nitrogens with one attached hydrogen (secondary N) is 2. The molecule has 1 aliphatic heterocycles. The van der Waals surface area contributed by atoms with E-state index in [2.05, 4.69) is 23.6 Å². The molecule has 0 saturated heterocycles. The molecule has 5 heteroatoms. The van der Waals surface area contributed by atoms with E-state index < -0.39 is 0 Å². The molecule has 4 rings (SSSR count). The van der Waals surface area contributed by atoms with Gasteiger partial charge in [0.2, 0.25) is 0 Å². The molecule has 20 heavy (non-hydrogen) atoms. The number of carbonyl (C=O) groups is 1. The van der Waals surface area contributed by atoms with Crippen molar-refractivity contribution in [3.05, 3.63) is 38.4 Å². The molecule has 2 atom stereocenters. The van der Waals surface area contributed by atoms with Crippen LogP contribution in [0.3, 0.4) is 0 Å². The van der Waals surface area contributed by atoms with Crippen LogP contribution in [0.15, 0.2) is 17.5 Å². The van der Waals surface area contributed by atoms with Gasteiger partial charge >= 0.3 is 0 Å². The first kappa shape index (κ1) is 12.4. The molecular formula is C15H16N2OS2. The third kappa shape index (κ3) is 1.88. The van der Waals surface area contributed by atoms with E-state index in [0.29, 0.717) is 0 Å². The Hall–Kier alpha value is -1.33. The molecule has 0 unspecified atom stereocenters. The van der Waals surface area contributed by atoms with Crippen LogP contribution in [0.1, 0.15) is 45.2 Å². The number of hydrogen-bond acceptors (Lipinski definition) is 4. The van der Waals surface area contributed by atoms with Gasteiger partial charge in [0.1, 0.15) is 11.2 Å². The minimum Gasteiger partial charge on any atom is -0.352 e.